The lowest BCUT2D eigenvalue weighted by Crippen LogP contribution is -2.43. The zero-order chi connectivity index (χ0) is 23.1. The predicted molar refractivity (Wildman–Crippen MR) is 127 cm³/mol. The summed E-state index contributed by atoms with van der Waals surface area (Å²) < 4.78 is 6.91. The molecule has 0 radical (unpaired) electrons. The van der Waals surface area contributed by atoms with Crippen molar-refractivity contribution in [2.75, 3.05) is 0 Å². The highest BCUT2D eigenvalue weighted by Gasteiger charge is 2.69. The van der Waals surface area contributed by atoms with E-state index in [0.29, 0.717) is 6.54 Å². The number of phenols is 1. The van der Waals surface area contributed by atoms with Gasteiger partial charge in [-0.3, -0.25) is 19.0 Å². The molecule has 34 heavy (non-hydrogen) atoms. The number of carbonyl (C=O) groups is 2. The van der Waals surface area contributed by atoms with Gasteiger partial charge in [-0.2, -0.15) is 0 Å². The number of cyclic esters (lactones) is 2. The van der Waals surface area contributed by atoms with Crippen molar-refractivity contribution in [3.05, 3.63) is 80.3 Å². The summed E-state index contributed by atoms with van der Waals surface area (Å²) >= 11 is 2.93. The van der Waals surface area contributed by atoms with Crippen molar-refractivity contribution in [1.29, 1.82) is 0 Å². The van der Waals surface area contributed by atoms with E-state index < -0.39 is 17.9 Å². The second kappa shape index (κ2) is 7.33. The molecule has 172 valence electrons. The quantitative estimate of drug-likeness (QED) is 0.443. The summed E-state index contributed by atoms with van der Waals surface area (Å²) in [6, 6.07) is 17.2. The van der Waals surface area contributed by atoms with Gasteiger partial charge in [0.05, 0.1) is 23.4 Å². The van der Waals surface area contributed by atoms with E-state index in [1.165, 1.54) is 11.3 Å². The Balaban J connectivity index is 1.40. The molecule has 2 aliphatic carbocycles. The molecule has 4 aliphatic rings. The van der Waals surface area contributed by atoms with Gasteiger partial charge in [0.25, 0.3) is 0 Å². The summed E-state index contributed by atoms with van der Waals surface area (Å²) in [6.45, 7) is 0.476. The van der Waals surface area contributed by atoms with Crippen LogP contribution in [0.2, 0.25) is 0 Å². The fourth-order valence-electron chi connectivity index (χ4n) is 6.92. The standard InChI is InChI=1S/C26H21NO5S2/c28-16-9-5-4-8-13(16)17-18-14-10-15(20-19(14)24(29)32-25(20)30)21(18)33-23-22(17)34-26(31)27(23)11-12-6-2-1-3-7-12/h1-9,14-15,17-21,28H,10-11H2/t14-,15+,17-,18+,19-,20+,21-/m0/s1. The molecule has 2 aromatic carbocycles. The second-order valence-corrected chi connectivity index (χ2v) is 11.8. The first kappa shape index (κ1) is 20.5. The number of ether oxygens (including phenoxy) is 1. The highest BCUT2D eigenvalue weighted by molar-refractivity contribution is 8.00. The highest BCUT2D eigenvalue weighted by Crippen LogP contribution is 2.68. The zero-order valence-corrected chi connectivity index (χ0v) is 19.6. The van der Waals surface area contributed by atoms with Crippen LogP contribution in [0.4, 0.5) is 0 Å². The molecule has 2 bridgehead atoms. The number of para-hydroxylation sites is 1. The Bertz CT molecular complexity index is 1400. The first-order valence-corrected chi connectivity index (χ1v) is 13.2. The van der Waals surface area contributed by atoms with Crippen molar-refractivity contribution in [2.45, 2.75) is 29.2 Å². The molecular weight excluding hydrogens is 470 g/mol. The highest BCUT2D eigenvalue weighted by atomic mass is 32.2. The SMILES string of the molecule is O=C1OC(=O)[C@H]2[C@H]3C[C@@H]([C@@H]4Sc5c(sc(=O)n5Cc5ccccc5)[C@@H](c5ccccc5O)[C@@H]34)[C@@H]12. The van der Waals surface area contributed by atoms with Gasteiger partial charge in [-0.1, -0.05) is 59.9 Å². The van der Waals surface area contributed by atoms with Crippen molar-refractivity contribution in [3.63, 3.8) is 0 Å². The van der Waals surface area contributed by atoms with Gasteiger partial charge >= 0.3 is 16.8 Å². The van der Waals surface area contributed by atoms with Crippen molar-refractivity contribution in [3.8, 4) is 5.75 Å². The van der Waals surface area contributed by atoms with E-state index in [4.69, 9.17) is 4.74 Å². The van der Waals surface area contributed by atoms with Crippen LogP contribution >= 0.6 is 23.1 Å². The number of nitrogens with zero attached hydrogens (tertiary/aromatic N) is 1. The third-order valence-corrected chi connectivity index (χ3v) is 10.9. The number of hydrogen-bond donors (Lipinski definition) is 1. The van der Waals surface area contributed by atoms with E-state index >= 15 is 0 Å². The van der Waals surface area contributed by atoms with Crippen LogP contribution in [0.5, 0.6) is 5.75 Å². The molecule has 3 fully saturated rings. The summed E-state index contributed by atoms with van der Waals surface area (Å²) in [4.78, 5) is 39.3. The molecule has 1 aromatic heterocycles. The Morgan fingerprint density at radius 2 is 1.65 bits per heavy atom. The maximum atomic E-state index is 13.2. The minimum atomic E-state index is -0.405. The number of thioether (sulfide) groups is 1. The molecular formula is C26H21NO5S2. The maximum absolute atomic E-state index is 13.2. The van der Waals surface area contributed by atoms with Crippen LogP contribution < -0.4 is 4.87 Å². The maximum Gasteiger partial charge on any atom is 0.317 e. The summed E-state index contributed by atoms with van der Waals surface area (Å²) in [6.07, 6.45) is 0.806. The Labute approximate surface area is 203 Å². The fraction of sp³-hybridized carbons (Fsp3) is 0.346. The normalized spacial score (nSPS) is 32.9. The average molecular weight is 492 g/mol. The first-order chi connectivity index (χ1) is 16.5. The summed E-state index contributed by atoms with van der Waals surface area (Å²) in [7, 11) is 0. The Morgan fingerprint density at radius 1 is 0.941 bits per heavy atom. The van der Waals surface area contributed by atoms with Gasteiger partial charge in [-0.15, -0.1) is 11.8 Å². The predicted octanol–water partition coefficient (Wildman–Crippen LogP) is 3.85. The topological polar surface area (TPSA) is 85.6 Å². The summed E-state index contributed by atoms with van der Waals surface area (Å²) in [5.41, 5.74) is 1.83. The number of hydrogen-bond acceptors (Lipinski definition) is 7. The van der Waals surface area contributed by atoms with Crippen molar-refractivity contribution in [1.82, 2.24) is 4.57 Å². The van der Waals surface area contributed by atoms with E-state index in [9.17, 15) is 19.5 Å². The number of fused-ring (bicyclic) bond motifs is 9. The molecule has 0 amide bonds. The minimum Gasteiger partial charge on any atom is -0.508 e. The molecule has 1 saturated heterocycles. The smallest absolute Gasteiger partial charge is 0.317 e. The molecule has 2 aliphatic heterocycles. The first-order valence-electron chi connectivity index (χ1n) is 11.5. The number of thiazole rings is 1. The summed E-state index contributed by atoms with van der Waals surface area (Å²) in [5.74, 6) is -1.49. The van der Waals surface area contributed by atoms with Crippen molar-refractivity contribution < 1.29 is 19.4 Å². The molecule has 1 N–H and O–H groups in total. The number of benzene rings is 2. The van der Waals surface area contributed by atoms with Crippen LogP contribution in [-0.4, -0.2) is 26.9 Å². The number of aromatic nitrogens is 1. The largest absolute Gasteiger partial charge is 0.508 e. The van der Waals surface area contributed by atoms with E-state index in [1.54, 1.807) is 23.9 Å². The van der Waals surface area contributed by atoms with Gasteiger partial charge in [-0.05, 0) is 35.8 Å². The molecule has 2 saturated carbocycles. The van der Waals surface area contributed by atoms with E-state index in [1.807, 2.05) is 47.0 Å². The molecule has 3 aromatic rings. The number of carbonyl (C=O) groups excluding carboxylic acids is 2. The lowest BCUT2D eigenvalue weighted by Gasteiger charge is -2.43. The molecule has 7 rings (SSSR count). The van der Waals surface area contributed by atoms with Gasteiger partial charge in [0, 0.05) is 21.6 Å². The lowest BCUT2D eigenvalue weighted by atomic mass is 9.68. The molecule has 8 heteroatoms. The number of rotatable bonds is 3. The Morgan fingerprint density at radius 3 is 2.41 bits per heavy atom. The molecule has 6 nitrogen and oxygen atoms in total. The second-order valence-electron chi connectivity index (χ2n) is 9.66. The molecule has 3 heterocycles. The Hall–Kier alpha value is -2.84. The van der Waals surface area contributed by atoms with Crippen LogP contribution in [0.15, 0.2) is 64.4 Å². The van der Waals surface area contributed by atoms with Crippen LogP contribution in [0.3, 0.4) is 0 Å². The van der Waals surface area contributed by atoms with E-state index in [2.05, 4.69) is 0 Å². The van der Waals surface area contributed by atoms with Crippen molar-refractivity contribution in [2.24, 2.45) is 29.6 Å². The van der Waals surface area contributed by atoms with Crippen molar-refractivity contribution >= 4 is 35.0 Å². The Kier molecular flexibility index (Phi) is 4.42. The van der Waals surface area contributed by atoms with Gasteiger partial charge in [0.1, 0.15) is 5.75 Å². The molecule has 0 unspecified atom stereocenters. The van der Waals surface area contributed by atoms with Crippen LogP contribution in [-0.2, 0) is 20.9 Å². The molecule has 0 spiro atoms. The monoisotopic (exact) mass is 491 g/mol. The molecule has 7 atom stereocenters. The lowest BCUT2D eigenvalue weighted by molar-refractivity contribution is -0.154. The van der Waals surface area contributed by atoms with Crippen LogP contribution in [0, 0.1) is 29.6 Å². The van der Waals surface area contributed by atoms with E-state index in [0.717, 1.165) is 27.5 Å². The number of esters is 2. The van der Waals surface area contributed by atoms with Gasteiger partial charge < -0.3 is 9.84 Å². The third kappa shape index (κ3) is 2.72. The fourth-order valence-corrected chi connectivity index (χ4v) is 10.1. The van der Waals surface area contributed by atoms with Crippen LogP contribution in [0.1, 0.15) is 28.3 Å². The van der Waals surface area contributed by atoms with Crippen LogP contribution in [0.25, 0.3) is 0 Å². The number of aromatic hydroxyl groups is 1. The third-order valence-electron chi connectivity index (χ3n) is 8.14. The number of phenolic OH excluding ortho intramolecular Hbond substituents is 1. The van der Waals surface area contributed by atoms with E-state index in [-0.39, 0.29) is 45.5 Å². The average Bonchev–Trinajstić information content (AvgIpc) is 3.55. The zero-order valence-electron chi connectivity index (χ0n) is 18.0. The van der Waals surface area contributed by atoms with Gasteiger partial charge in [-0.25, -0.2) is 0 Å². The minimum absolute atomic E-state index is 0.00369. The summed E-state index contributed by atoms with van der Waals surface area (Å²) in [5, 5.41) is 11.8. The van der Waals surface area contributed by atoms with Gasteiger partial charge in [0.2, 0.25) is 0 Å². The van der Waals surface area contributed by atoms with Gasteiger partial charge in [0.15, 0.2) is 0 Å².